The fourth-order valence-corrected chi connectivity index (χ4v) is 6.00. The molecule has 0 aliphatic carbocycles. The first-order chi connectivity index (χ1) is 17.5. The average Bonchev–Trinajstić information content (AvgIpc) is 2.85. The van der Waals surface area contributed by atoms with Gasteiger partial charge >= 0.3 is 5.97 Å². The van der Waals surface area contributed by atoms with Crippen molar-refractivity contribution in [2.24, 2.45) is 0 Å². The number of aryl methyl sites for hydroxylation is 2. The van der Waals surface area contributed by atoms with E-state index in [2.05, 4.69) is 20.8 Å². The van der Waals surface area contributed by atoms with E-state index >= 15 is 0 Å². The maximum absolute atomic E-state index is 13.5. The van der Waals surface area contributed by atoms with Gasteiger partial charge in [0.25, 0.3) is 0 Å². The van der Waals surface area contributed by atoms with Gasteiger partial charge in [-0.15, -0.1) is 0 Å². The summed E-state index contributed by atoms with van der Waals surface area (Å²) >= 11 is 1.22. The van der Waals surface area contributed by atoms with E-state index in [1.54, 1.807) is 18.2 Å². The second-order valence-corrected chi connectivity index (χ2v) is 11.7. The van der Waals surface area contributed by atoms with Crippen LogP contribution in [0, 0.1) is 6.92 Å². The smallest absolute Gasteiger partial charge is 0.349 e. The third-order valence-electron chi connectivity index (χ3n) is 6.85. The molecular formula is C31H34O5S. The molecule has 3 aromatic carbocycles. The minimum atomic E-state index is -1.03. The van der Waals surface area contributed by atoms with E-state index in [1.165, 1.54) is 11.8 Å². The standard InChI is InChI=1S/C31H34O5S/c1-20-15-27(25(30(2,3)4)17-22(20)19-32)37-28-26(34)18-31(36-29(28)35,23-10-6-5-7-11-23)14-13-21-9-8-12-24(33)16-21/h5-12,15-17,32-34H,13-14,18-19H2,1-4H3. The Morgan fingerprint density at radius 1 is 1.00 bits per heavy atom. The van der Waals surface area contributed by atoms with Crippen LogP contribution in [0.5, 0.6) is 5.75 Å². The number of thioether (sulfide) groups is 1. The number of phenols is 1. The van der Waals surface area contributed by atoms with Crippen molar-refractivity contribution in [1.29, 1.82) is 0 Å². The number of aliphatic hydroxyl groups is 2. The van der Waals surface area contributed by atoms with Gasteiger partial charge in [-0.1, -0.05) is 81.1 Å². The van der Waals surface area contributed by atoms with Gasteiger partial charge in [0.05, 0.1) is 13.0 Å². The molecule has 3 N–H and O–H groups in total. The lowest BCUT2D eigenvalue weighted by atomic mass is 9.82. The van der Waals surface area contributed by atoms with Gasteiger partial charge in [-0.25, -0.2) is 4.79 Å². The van der Waals surface area contributed by atoms with Crippen molar-refractivity contribution in [1.82, 2.24) is 0 Å². The number of aromatic hydroxyl groups is 1. The summed E-state index contributed by atoms with van der Waals surface area (Å²) in [5, 5.41) is 30.9. The molecule has 1 heterocycles. The summed E-state index contributed by atoms with van der Waals surface area (Å²) in [6.07, 6.45) is 1.16. The number of benzene rings is 3. The lowest BCUT2D eigenvalue weighted by molar-refractivity contribution is -0.160. The number of phenolic OH excluding ortho intramolecular Hbond substituents is 1. The molecule has 0 radical (unpaired) electrons. The number of hydrogen-bond acceptors (Lipinski definition) is 6. The van der Waals surface area contributed by atoms with E-state index in [0.29, 0.717) is 12.8 Å². The molecule has 1 aliphatic heterocycles. The largest absolute Gasteiger partial charge is 0.511 e. The topological polar surface area (TPSA) is 87.0 Å². The second kappa shape index (κ2) is 10.6. The number of rotatable bonds is 7. The predicted octanol–water partition coefficient (Wildman–Crippen LogP) is 6.83. The number of hydrogen-bond donors (Lipinski definition) is 3. The molecule has 1 unspecified atom stereocenters. The van der Waals surface area contributed by atoms with Crippen LogP contribution < -0.4 is 0 Å². The average molecular weight is 519 g/mol. The van der Waals surface area contributed by atoms with Crippen LogP contribution in [0.25, 0.3) is 0 Å². The molecule has 0 bridgehead atoms. The van der Waals surface area contributed by atoms with Crippen molar-refractivity contribution in [3.63, 3.8) is 0 Å². The van der Waals surface area contributed by atoms with Gasteiger partial charge in [-0.05, 0) is 71.2 Å². The number of ether oxygens (including phenoxy) is 1. The van der Waals surface area contributed by atoms with Crippen molar-refractivity contribution in [3.8, 4) is 5.75 Å². The summed E-state index contributed by atoms with van der Waals surface area (Å²) in [4.78, 5) is 14.5. The van der Waals surface area contributed by atoms with E-state index < -0.39 is 11.6 Å². The van der Waals surface area contributed by atoms with Gasteiger partial charge in [0.1, 0.15) is 22.0 Å². The van der Waals surface area contributed by atoms with Gasteiger partial charge < -0.3 is 20.1 Å². The van der Waals surface area contributed by atoms with E-state index in [4.69, 9.17) is 4.74 Å². The van der Waals surface area contributed by atoms with Crippen LogP contribution in [0.1, 0.15) is 61.4 Å². The summed E-state index contributed by atoms with van der Waals surface area (Å²) in [5.41, 5.74) is 3.23. The minimum Gasteiger partial charge on any atom is -0.511 e. The molecule has 6 heteroatoms. The number of carbonyl (C=O) groups is 1. The van der Waals surface area contributed by atoms with Gasteiger partial charge in [0.15, 0.2) is 0 Å². The van der Waals surface area contributed by atoms with E-state index in [-0.39, 0.29) is 34.9 Å². The van der Waals surface area contributed by atoms with Crippen LogP contribution in [0.15, 0.2) is 82.3 Å². The highest BCUT2D eigenvalue weighted by Crippen LogP contribution is 2.46. The maximum Gasteiger partial charge on any atom is 0.349 e. The van der Waals surface area contributed by atoms with E-state index in [0.717, 1.165) is 32.7 Å². The summed E-state index contributed by atoms with van der Waals surface area (Å²) in [5.74, 6) is -0.368. The number of esters is 1. The highest BCUT2D eigenvalue weighted by Gasteiger charge is 2.43. The van der Waals surface area contributed by atoms with Crippen molar-refractivity contribution < 1.29 is 24.9 Å². The van der Waals surface area contributed by atoms with Crippen molar-refractivity contribution in [2.45, 2.75) is 69.5 Å². The lowest BCUT2D eigenvalue weighted by Crippen LogP contribution is -2.38. The summed E-state index contributed by atoms with van der Waals surface area (Å²) < 4.78 is 6.19. The molecule has 0 saturated carbocycles. The Balaban J connectivity index is 1.70. The zero-order valence-corrected chi connectivity index (χ0v) is 22.6. The van der Waals surface area contributed by atoms with Crippen LogP contribution in [0.2, 0.25) is 0 Å². The molecule has 3 aromatic rings. The maximum atomic E-state index is 13.5. The predicted molar refractivity (Wildman–Crippen MR) is 147 cm³/mol. The molecule has 0 spiro atoms. The molecule has 5 nitrogen and oxygen atoms in total. The molecule has 4 rings (SSSR count). The monoisotopic (exact) mass is 518 g/mol. The Morgan fingerprint density at radius 3 is 2.35 bits per heavy atom. The van der Waals surface area contributed by atoms with Gasteiger partial charge in [-0.2, -0.15) is 0 Å². The van der Waals surface area contributed by atoms with Crippen molar-refractivity contribution in [2.75, 3.05) is 0 Å². The zero-order valence-electron chi connectivity index (χ0n) is 21.7. The third kappa shape index (κ3) is 5.86. The summed E-state index contributed by atoms with van der Waals surface area (Å²) in [6, 6.07) is 20.5. The zero-order chi connectivity index (χ0) is 26.8. The van der Waals surface area contributed by atoms with Gasteiger partial charge in [0, 0.05) is 4.90 Å². The summed E-state index contributed by atoms with van der Waals surface area (Å²) in [6.45, 7) is 8.11. The first kappa shape index (κ1) is 26.8. The molecular weight excluding hydrogens is 484 g/mol. The number of cyclic esters (lactones) is 1. The Labute approximate surface area is 222 Å². The SMILES string of the molecule is Cc1cc(SC2=C(O)CC(CCc3cccc(O)c3)(c3ccccc3)OC2=O)c(C(C)(C)C)cc1CO. The molecule has 0 aromatic heterocycles. The highest BCUT2D eigenvalue weighted by molar-refractivity contribution is 8.04. The normalized spacial score (nSPS) is 18.1. The van der Waals surface area contributed by atoms with Crippen LogP contribution in [-0.4, -0.2) is 21.3 Å². The highest BCUT2D eigenvalue weighted by atomic mass is 32.2. The fourth-order valence-electron chi connectivity index (χ4n) is 4.75. The lowest BCUT2D eigenvalue weighted by Gasteiger charge is -2.38. The minimum absolute atomic E-state index is 0.00441. The third-order valence-corrected chi connectivity index (χ3v) is 8.01. The summed E-state index contributed by atoms with van der Waals surface area (Å²) in [7, 11) is 0. The van der Waals surface area contributed by atoms with Crippen LogP contribution in [0.3, 0.4) is 0 Å². The molecule has 37 heavy (non-hydrogen) atoms. The Hall–Kier alpha value is -3.22. The first-order valence-corrected chi connectivity index (χ1v) is 13.3. The van der Waals surface area contributed by atoms with Crippen LogP contribution in [-0.2, 0) is 33.6 Å². The Bertz CT molecular complexity index is 1320. The number of aliphatic hydroxyl groups excluding tert-OH is 2. The number of carbonyl (C=O) groups excluding carboxylic acids is 1. The molecule has 1 aliphatic rings. The second-order valence-electron chi connectivity index (χ2n) is 10.7. The van der Waals surface area contributed by atoms with Crippen molar-refractivity contribution >= 4 is 17.7 Å². The van der Waals surface area contributed by atoms with Crippen molar-refractivity contribution in [3.05, 3.63) is 105 Å². The molecule has 194 valence electrons. The van der Waals surface area contributed by atoms with Gasteiger partial charge in [0.2, 0.25) is 0 Å². The Morgan fingerprint density at radius 2 is 1.73 bits per heavy atom. The Kier molecular flexibility index (Phi) is 7.72. The van der Waals surface area contributed by atoms with Gasteiger partial charge in [-0.3, -0.25) is 0 Å². The first-order valence-electron chi connectivity index (χ1n) is 12.4. The molecule has 1 atom stereocenters. The molecule has 0 amide bonds. The van der Waals surface area contributed by atoms with E-state index in [9.17, 15) is 20.1 Å². The quantitative estimate of drug-likeness (QED) is 0.297. The molecule has 0 fully saturated rings. The fraction of sp³-hybridized carbons (Fsp3) is 0.323. The van der Waals surface area contributed by atoms with E-state index in [1.807, 2.05) is 55.5 Å². The molecule has 0 saturated heterocycles. The van der Waals surface area contributed by atoms with Crippen LogP contribution in [0.4, 0.5) is 0 Å². The van der Waals surface area contributed by atoms with Crippen LogP contribution >= 0.6 is 11.8 Å².